The molecule has 0 bridgehead atoms. The van der Waals surface area contributed by atoms with Gasteiger partial charge in [-0.05, 0) is 30.0 Å². The summed E-state index contributed by atoms with van der Waals surface area (Å²) in [5.74, 6) is 0.300. The summed E-state index contributed by atoms with van der Waals surface area (Å²) in [6, 6.07) is 5.28. The molecule has 1 N–H and O–H groups in total. The van der Waals surface area contributed by atoms with E-state index in [1.165, 1.54) is 6.07 Å². The summed E-state index contributed by atoms with van der Waals surface area (Å²) in [4.78, 5) is 13.8. The first-order valence-corrected chi connectivity index (χ1v) is 8.38. The van der Waals surface area contributed by atoms with Gasteiger partial charge in [0.15, 0.2) is 0 Å². The summed E-state index contributed by atoms with van der Waals surface area (Å²) in [5.41, 5.74) is 0.892. The molecule has 0 saturated carbocycles. The maximum absolute atomic E-state index is 13.5. The van der Waals surface area contributed by atoms with Gasteiger partial charge in [-0.2, -0.15) is 0 Å². The van der Waals surface area contributed by atoms with Crippen LogP contribution in [0.5, 0.6) is 0 Å². The zero-order valence-corrected chi connectivity index (χ0v) is 14.0. The summed E-state index contributed by atoms with van der Waals surface area (Å²) in [6.07, 6.45) is 2.54. The highest BCUT2D eigenvalue weighted by molar-refractivity contribution is 6.30. The number of carbonyl (C=O) groups is 1. The predicted molar refractivity (Wildman–Crippen MR) is 87.3 cm³/mol. The number of rotatable bonds is 5. The number of hydrogen-bond donors (Lipinski definition) is 1. The van der Waals surface area contributed by atoms with Crippen LogP contribution in [0.4, 0.5) is 4.39 Å². The SMILES string of the molecule is CCC(=O)N1CC[C@@H](NCc2ccc(Cl)c(F)c2)[C@@H](CC)C1. The Morgan fingerprint density at radius 1 is 1.45 bits per heavy atom. The third-order valence-corrected chi connectivity index (χ3v) is 4.77. The molecule has 5 heteroatoms. The fraction of sp³-hybridized carbons (Fsp3) is 0.588. The van der Waals surface area contributed by atoms with Crippen molar-refractivity contribution in [3.05, 3.63) is 34.6 Å². The quantitative estimate of drug-likeness (QED) is 0.896. The van der Waals surface area contributed by atoms with Crippen molar-refractivity contribution in [2.75, 3.05) is 13.1 Å². The topological polar surface area (TPSA) is 32.3 Å². The Hall–Kier alpha value is -1.13. The van der Waals surface area contributed by atoms with E-state index in [1.54, 1.807) is 6.07 Å². The van der Waals surface area contributed by atoms with Crippen LogP contribution in [0.3, 0.4) is 0 Å². The first kappa shape index (κ1) is 17.2. The fourth-order valence-electron chi connectivity index (χ4n) is 3.06. The van der Waals surface area contributed by atoms with E-state index in [1.807, 2.05) is 17.9 Å². The molecule has 1 aliphatic heterocycles. The van der Waals surface area contributed by atoms with Crippen LogP contribution in [-0.2, 0) is 11.3 Å². The van der Waals surface area contributed by atoms with E-state index < -0.39 is 0 Å². The molecule has 1 fully saturated rings. The molecule has 1 heterocycles. The maximum Gasteiger partial charge on any atom is 0.222 e. The van der Waals surface area contributed by atoms with Crippen molar-refractivity contribution < 1.29 is 9.18 Å². The predicted octanol–water partition coefficient (Wildman–Crippen LogP) is 3.61. The molecule has 122 valence electrons. The molecule has 0 radical (unpaired) electrons. The minimum Gasteiger partial charge on any atom is -0.342 e. The van der Waals surface area contributed by atoms with Crippen LogP contribution >= 0.6 is 11.6 Å². The smallest absolute Gasteiger partial charge is 0.222 e. The molecule has 1 aliphatic rings. The second-order valence-corrected chi connectivity index (χ2v) is 6.29. The van der Waals surface area contributed by atoms with Gasteiger partial charge in [-0.15, -0.1) is 0 Å². The van der Waals surface area contributed by atoms with E-state index in [-0.39, 0.29) is 16.7 Å². The van der Waals surface area contributed by atoms with Gasteiger partial charge in [0.2, 0.25) is 5.91 Å². The van der Waals surface area contributed by atoms with Gasteiger partial charge >= 0.3 is 0 Å². The van der Waals surface area contributed by atoms with Gasteiger partial charge in [-0.25, -0.2) is 4.39 Å². The molecule has 3 nitrogen and oxygen atoms in total. The van der Waals surface area contributed by atoms with Crippen molar-refractivity contribution in [3.8, 4) is 0 Å². The Labute approximate surface area is 136 Å². The fourth-order valence-corrected chi connectivity index (χ4v) is 3.18. The molecule has 0 aromatic heterocycles. The number of carbonyl (C=O) groups excluding carboxylic acids is 1. The van der Waals surface area contributed by atoms with E-state index in [0.717, 1.165) is 31.5 Å². The van der Waals surface area contributed by atoms with Crippen molar-refractivity contribution in [1.29, 1.82) is 0 Å². The molecule has 1 amide bonds. The summed E-state index contributed by atoms with van der Waals surface area (Å²) in [7, 11) is 0. The first-order chi connectivity index (χ1) is 10.5. The lowest BCUT2D eigenvalue weighted by molar-refractivity contribution is -0.133. The normalized spacial score (nSPS) is 21.9. The van der Waals surface area contributed by atoms with Gasteiger partial charge in [0.1, 0.15) is 5.82 Å². The highest BCUT2D eigenvalue weighted by Gasteiger charge is 2.29. The molecule has 1 aromatic rings. The number of hydrogen-bond acceptors (Lipinski definition) is 2. The van der Waals surface area contributed by atoms with E-state index in [0.29, 0.717) is 24.9 Å². The molecular formula is C17H24ClFN2O. The lowest BCUT2D eigenvalue weighted by atomic mass is 9.89. The minimum atomic E-state index is -0.378. The highest BCUT2D eigenvalue weighted by Crippen LogP contribution is 2.22. The van der Waals surface area contributed by atoms with Crippen molar-refractivity contribution in [2.45, 2.75) is 45.7 Å². The molecule has 1 saturated heterocycles. The zero-order valence-electron chi connectivity index (χ0n) is 13.2. The second kappa shape index (κ2) is 7.93. The molecule has 0 aliphatic carbocycles. The van der Waals surface area contributed by atoms with Crippen LogP contribution < -0.4 is 5.32 Å². The van der Waals surface area contributed by atoms with Crippen molar-refractivity contribution >= 4 is 17.5 Å². The minimum absolute atomic E-state index is 0.154. The Morgan fingerprint density at radius 2 is 2.23 bits per heavy atom. The van der Waals surface area contributed by atoms with Crippen LogP contribution in [0.2, 0.25) is 5.02 Å². The molecule has 22 heavy (non-hydrogen) atoms. The van der Waals surface area contributed by atoms with E-state index in [9.17, 15) is 9.18 Å². The Morgan fingerprint density at radius 3 is 2.86 bits per heavy atom. The van der Waals surface area contributed by atoms with Crippen LogP contribution in [0.1, 0.15) is 38.7 Å². The van der Waals surface area contributed by atoms with Crippen LogP contribution in [0.15, 0.2) is 18.2 Å². The van der Waals surface area contributed by atoms with E-state index in [4.69, 9.17) is 11.6 Å². The monoisotopic (exact) mass is 326 g/mol. The van der Waals surface area contributed by atoms with E-state index >= 15 is 0 Å². The highest BCUT2D eigenvalue weighted by atomic mass is 35.5. The number of piperidine rings is 1. The molecular weight excluding hydrogens is 303 g/mol. The third-order valence-electron chi connectivity index (χ3n) is 4.47. The Bertz CT molecular complexity index is 523. The molecule has 0 unspecified atom stereocenters. The van der Waals surface area contributed by atoms with Gasteiger partial charge < -0.3 is 10.2 Å². The average molecular weight is 327 g/mol. The molecule has 2 rings (SSSR count). The van der Waals surface area contributed by atoms with Crippen molar-refractivity contribution in [1.82, 2.24) is 10.2 Å². The number of halogens is 2. The van der Waals surface area contributed by atoms with Crippen LogP contribution in [0, 0.1) is 11.7 Å². The molecule has 0 spiro atoms. The van der Waals surface area contributed by atoms with Crippen molar-refractivity contribution in [2.24, 2.45) is 5.92 Å². The standard InChI is InChI=1S/C17H24ClFN2O/c1-3-13-11-21(17(22)4-2)8-7-16(13)20-10-12-5-6-14(18)15(19)9-12/h5-6,9,13,16,20H,3-4,7-8,10-11H2,1-2H3/t13-,16+/m0/s1. The van der Waals surface area contributed by atoms with Gasteiger partial charge in [0.25, 0.3) is 0 Å². The second-order valence-electron chi connectivity index (χ2n) is 5.89. The Kier molecular flexibility index (Phi) is 6.21. The number of likely N-dealkylation sites (tertiary alicyclic amines) is 1. The van der Waals surface area contributed by atoms with Gasteiger partial charge in [-0.1, -0.05) is 37.9 Å². The number of benzene rings is 1. The van der Waals surface area contributed by atoms with Crippen LogP contribution in [-0.4, -0.2) is 29.9 Å². The average Bonchev–Trinajstić information content (AvgIpc) is 2.55. The maximum atomic E-state index is 13.5. The Balaban J connectivity index is 1.92. The summed E-state index contributed by atoms with van der Waals surface area (Å²) >= 11 is 5.70. The van der Waals surface area contributed by atoms with Crippen LogP contribution in [0.25, 0.3) is 0 Å². The summed E-state index contributed by atoms with van der Waals surface area (Å²) < 4.78 is 13.5. The lowest BCUT2D eigenvalue weighted by Crippen LogP contribution is -2.50. The van der Waals surface area contributed by atoms with Gasteiger partial charge in [-0.3, -0.25) is 4.79 Å². The van der Waals surface area contributed by atoms with Crippen molar-refractivity contribution in [3.63, 3.8) is 0 Å². The number of nitrogens with one attached hydrogen (secondary N) is 1. The number of amides is 1. The number of nitrogens with zero attached hydrogens (tertiary/aromatic N) is 1. The summed E-state index contributed by atoms with van der Waals surface area (Å²) in [5, 5.41) is 3.67. The van der Waals surface area contributed by atoms with Gasteiger partial charge in [0, 0.05) is 32.1 Å². The van der Waals surface area contributed by atoms with E-state index in [2.05, 4.69) is 12.2 Å². The largest absolute Gasteiger partial charge is 0.342 e. The molecule has 1 aromatic carbocycles. The zero-order chi connectivity index (χ0) is 16.1. The van der Waals surface area contributed by atoms with Gasteiger partial charge in [0.05, 0.1) is 5.02 Å². The first-order valence-electron chi connectivity index (χ1n) is 8.00. The summed E-state index contributed by atoms with van der Waals surface area (Å²) in [6.45, 7) is 6.30. The third kappa shape index (κ3) is 4.20. The molecule has 2 atom stereocenters. The lowest BCUT2D eigenvalue weighted by Gasteiger charge is -2.38.